The van der Waals surface area contributed by atoms with Gasteiger partial charge in [-0.15, -0.1) is 18.2 Å². The molecule has 0 aliphatic rings. The van der Waals surface area contributed by atoms with Crippen LogP contribution in [-0.2, 0) is 10.5 Å². The van der Waals surface area contributed by atoms with Crippen LogP contribution in [0.4, 0.5) is 0 Å². The van der Waals surface area contributed by atoms with Gasteiger partial charge in [0.15, 0.2) is 0 Å². The molecule has 1 amide bonds. The fourth-order valence-electron chi connectivity index (χ4n) is 0.989. The molecule has 0 radical (unpaired) electrons. The lowest BCUT2D eigenvalue weighted by Crippen LogP contribution is -2.25. The molecular formula is C11H13NO2S. The fraction of sp³-hybridized carbons (Fsp3) is 0.364. The third kappa shape index (κ3) is 4.13. The molecule has 0 atom stereocenters. The molecule has 0 saturated heterocycles. The number of hydrogen-bond donors (Lipinski definition) is 1. The van der Waals surface area contributed by atoms with Crippen LogP contribution >= 0.6 is 11.8 Å². The van der Waals surface area contributed by atoms with Gasteiger partial charge >= 0.3 is 0 Å². The molecular weight excluding hydrogens is 210 g/mol. The van der Waals surface area contributed by atoms with Gasteiger partial charge < -0.3 is 9.73 Å². The molecule has 1 heterocycles. The van der Waals surface area contributed by atoms with Crippen LogP contribution < -0.4 is 5.32 Å². The summed E-state index contributed by atoms with van der Waals surface area (Å²) < 4.78 is 5.24. The van der Waals surface area contributed by atoms with E-state index in [0.29, 0.717) is 18.1 Å². The highest BCUT2D eigenvalue weighted by atomic mass is 32.2. The Hall–Kier alpha value is -1.34. The predicted molar refractivity (Wildman–Crippen MR) is 61.4 cm³/mol. The minimum atomic E-state index is -0.0397. The molecule has 0 fully saturated rings. The molecule has 4 heteroatoms. The number of carbonyl (C=O) groups excluding carboxylic acids is 1. The summed E-state index contributed by atoms with van der Waals surface area (Å²) in [6.07, 6.45) is 6.67. The van der Waals surface area contributed by atoms with Gasteiger partial charge in [0.2, 0.25) is 5.91 Å². The largest absolute Gasteiger partial charge is 0.468 e. The molecule has 0 unspecified atom stereocenters. The van der Waals surface area contributed by atoms with E-state index in [2.05, 4.69) is 11.2 Å². The van der Waals surface area contributed by atoms with Crippen LogP contribution in [0.15, 0.2) is 16.7 Å². The van der Waals surface area contributed by atoms with Gasteiger partial charge in [-0.1, -0.05) is 5.92 Å². The van der Waals surface area contributed by atoms with E-state index in [-0.39, 0.29) is 5.91 Å². The summed E-state index contributed by atoms with van der Waals surface area (Å²) in [5.74, 6) is 4.35. The molecule has 0 aromatic carbocycles. The van der Waals surface area contributed by atoms with E-state index in [0.717, 1.165) is 11.3 Å². The molecule has 1 aromatic heterocycles. The van der Waals surface area contributed by atoms with Crippen LogP contribution in [0.1, 0.15) is 11.3 Å². The van der Waals surface area contributed by atoms with Crippen molar-refractivity contribution in [3.63, 3.8) is 0 Å². The molecule has 0 aliphatic carbocycles. The van der Waals surface area contributed by atoms with Crippen LogP contribution in [0.5, 0.6) is 0 Å². The summed E-state index contributed by atoms with van der Waals surface area (Å²) in [6, 6.07) is 1.91. The zero-order chi connectivity index (χ0) is 11.1. The summed E-state index contributed by atoms with van der Waals surface area (Å²) >= 11 is 1.51. The fourth-order valence-corrected chi connectivity index (χ4v) is 1.86. The van der Waals surface area contributed by atoms with Gasteiger partial charge in [0.25, 0.3) is 0 Å². The van der Waals surface area contributed by atoms with E-state index in [1.54, 1.807) is 6.26 Å². The summed E-state index contributed by atoms with van der Waals surface area (Å²) in [5, 5.41) is 2.60. The number of amides is 1. The summed E-state index contributed by atoms with van der Waals surface area (Å²) in [7, 11) is 0. The van der Waals surface area contributed by atoms with E-state index >= 15 is 0 Å². The number of aryl methyl sites for hydroxylation is 1. The van der Waals surface area contributed by atoms with Crippen molar-refractivity contribution in [2.24, 2.45) is 0 Å². The van der Waals surface area contributed by atoms with Crippen molar-refractivity contribution < 1.29 is 9.21 Å². The van der Waals surface area contributed by atoms with Gasteiger partial charge in [-0.3, -0.25) is 4.79 Å². The predicted octanol–water partition coefficient (Wildman–Crippen LogP) is 1.57. The first kappa shape index (κ1) is 11.7. The highest BCUT2D eigenvalue weighted by Crippen LogP contribution is 2.16. The molecule has 0 saturated carbocycles. The Balaban J connectivity index is 2.20. The lowest BCUT2D eigenvalue weighted by atomic mass is 10.3. The van der Waals surface area contributed by atoms with Gasteiger partial charge in [0.05, 0.1) is 24.3 Å². The zero-order valence-electron chi connectivity index (χ0n) is 8.58. The second-order valence-corrected chi connectivity index (χ2v) is 3.99. The second kappa shape index (κ2) is 6.20. The van der Waals surface area contributed by atoms with Crippen molar-refractivity contribution >= 4 is 17.7 Å². The Morgan fingerprint density at radius 3 is 3.13 bits per heavy atom. The Bertz CT molecular complexity index is 365. The standard InChI is InChI=1S/C11H13NO2S/c1-3-5-12-11(13)8-15-7-10-9(2)4-6-14-10/h1,4,6H,5,7-8H2,2H3,(H,12,13). The molecule has 1 N–H and O–H groups in total. The topological polar surface area (TPSA) is 42.2 Å². The number of furan rings is 1. The van der Waals surface area contributed by atoms with Crippen molar-refractivity contribution in [1.29, 1.82) is 0 Å². The highest BCUT2D eigenvalue weighted by molar-refractivity contribution is 7.99. The number of rotatable bonds is 5. The summed E-state index contributed by atoms with van der Waals surface area (Å²) in [4.78, 5) is 11.2. The third-order valence-electron chi connectivity index (χ3n) is 1.82. The van der Waals surface area contributed by atoms with Crippen LogP contribution in [0.2, 0.25) is 0 Å². The normalized spacial score (nSPS) is 9.60. The SMILES string of the molecule is C#CCNC(=O)CSCc1occc1C. The van der Waals surface area contributed by atoms with Gasteiger partial charge in [-0.2, -0.15) is 0 Å². The van der Waals surface area contributed by atoms with Crippen molar-refractivity contribution in [2.45, 2.75) is 12.7 Å². The second-order valence-electron chi connectivity index (χ2n) is 3.00. The third-order valence-corrected chi connectivity index (χ3v) is 2.75. The Kier molecular flexibility index (Phi) is 4.85. The average molecular weight is 223 g/mol. The van der Waals surface area contributed by atoms with Gasteiger partial charge in [0.1, 0.15) is 5.76 Å². The van der Waals surface area contributed by atoms with Crippen molar-refractivity contribution in [3.8, 4) is 12.3 Å². The van der Waals surface area contributed by atoms with E-state index < -0.39 is 0 Å². The molecule has 1 aromatic rings. The summed E-state index contributed by atoms with van der Waals surface area (Å²) in [5.41, 5.74) is 1.12. The average Bonchev–Trinajstić information content (AvgIpc) is 2.61. The number of hydrogen-bond acceptors (Lipinski definition) is 3. The van der Waals surface area contributed by atoms with Crippen LogP contribution in [0.25, 0.3) is 0 Å². The van der Waals surface area contributed by atoms with E-state index in [4.69, 9.17) is 10.8 Å². The molecule has 0 spiro atoms. The minimum absolute atomic E-state index is 0.0397. The van der Waals surface area contributed by atoms with Crippen molar-refractivity contribution in [3.05, 3.63) is 23.7 Å². The number of carbonyl (C=O) groups is 1. The van der Waals surface area contributed by atoms with Crippen molar-refractivity contribution in [2.75, 3.05) is 12.3 Å². The Morgan fingerprint density at radius 2 is 2.53 bits per heavy atom. The first-order valence-electron chi connectivity index (χ1n) is 4.55. The van der Waals surface area contributed by atoms with E-state index in [1.807, 2.05) is 13.0 Å². The first-order chi connectivity index (χ1) is 7.24. The first-order valence-corrected chi connectivity index (χ1v) is 5.70. The Labute approximate surface area is 93.6 Å². The smallest absolute Gasteiger partial charge is 0.230 e. The molecule has 1 rings (SSSR count). The van der Waals surface area contributed by atoms with E-state index in [9.17, 15) is 4.79 Å². The van der Waals surface area contributed by atoms with Gasteiger partial charge in [-0.25, -0.2) is 0 Å². The number of nitrogens with one attached hydrogen (secondary N) is 1. The maximum atomic E-state index is 11.2. The molecule has 15 heavy (non-hydrogen) atoms. The quantitative estimate of drug-likeness (QED) is 0.770. The van der Waals surface area contributed by atoms with Gasteiger partial charge in [-0.05, 0) is 18.6 Å². The highest BCUT2D eigenvalue weighted by Gasteiger charge is 2.04. The Morgan fingerprint density at radius 1 is 1.73 bits per heavy atom. The van der Waals surface area contributed by atoms with Crippen LogP contribution in [0.3, 0.4) is 0 Å². The lowest BCUT2D eigenvalue weighted by molar-refractivity contribution is -0.118. The lowest BCUT2D eigenvalue weighted by Gasteiger charge is -2.00. The zero-order valence-corrected chi connectivity index (χ0v) is 9.39. The van der Waals surface area contributed by atoms with E-state index in [1.165, 1.54) is 11.8 Å². The van der Waals surface area contributed by atoms with Crippen LogP contribution in [0, 0.1) is 19.3 Å². The number of terminal acetylenes is 1. The monoisotopic (exact) mass is 223 g/mol. The van der Waals surface area contributed by atoms with Crippen molar-refractivity contribution in [1.82, 2.24) is 5.32 Å². The molecule has 3 nitrogen and oxygen atoms in total. The molecule has 0 bridgehead atoms. The molecule has 80 valence electrons. The van der Waals surface area contributed by atoms with Crippen LogP contribution in [-0.4, -0.2) is 18.2 Å². The van der Waals surface area contributed by atoms with Gasteiger partial charge in [0, 0.05) is 0 Å². The maximum absolute atomic E-state index is 11.2. The maximum Gasteiger partial charge on any atom is 0.230 e. The number of thioether (sulfide) groups is 1. The molecule has 0 aliphatic heterocycles. The summed E-state index contributed by atoms with van der Waals surface area (Å²) in [6.45, 7) is 2.27. The minimum Gasteiger partial charge on any atom is -0.468 e.